The summed E-state index contributed by atoms with van der Waals surface area (Å²) in [6, 6.07) is 7.87. The quantitative estimate of drug-likeness (QED) is 0.781. The van der Waals surface area contributed by atoms with Crippen molar-refractivity contribution in [2.75, 3.05) is 6.26 Å². The van der Waals surface area contributed by atoms with Crippen molar-refractivity contribution in [1.29, 1.82) is 5.26 Å². The second-order valence-corrected chi connectivity index (χ2v) is 6.69. The van der Waals surface area contributed by atoms with Crippen molar-refractivity contribution in [1.82, 2.24) is 0 Å². The normalized spacial score (nSPS) is 17.6. The summed E-state index contributed by atoms with van der Waals surface area (Å²) in [5.41, 5.74) is -0.476. The Hall–Kier alpha value is -1.67. The van der Waals surface area contributed by atoms with Gasteiger partial charge < -0.3 is 0 Å². The maximum Gasteiger partial charge on any atom is 0.183 e. The van der Waals surface area contributed by atoms with E-state index in [2.05, 4.69) is 6.07 Å². The van der Waals surface area contributed by atoms with Gasteiger partial charge in [-0.2, -0.15) is 5.26 Å². The molecule has 4 nitrogen and oxygen atoms in total. The zero-order valence-electron chi connectivity index (χ0n) is 10.0. The van der Waals surface area contributed by atoms with Gasteiger partial charge in [-0.3, -0.25) is 4.79 Å². The number of sulfone groups is 1. The minimum absolute atomic E-state index is 0.179. The number of benzene rings is 1. The van der Waals surface area contributed by atoms with Crippen molar-refractivity contribution >= 4 is 15.6 Å². The Kier molecular flexibility index (Phi) is 2.99. The van der Waals surface area contributed by atoms with Crippen LogP contribution in [-0.4, -0.2) is 20.5 Å². The molecule has 0 heterocycles. The van der Waals surface area contributed by atoms with Gasteiger partial charge in [0.25, 0.3) is 0 Å². The van der Waals surface area contributed by atoms with E-state index in [-0.39, 0.29) is 10.7 Å². The second kappa shape index (κ2) is 4.21. The predicted molar refractivity (Wildman–Crippen MR) is 65.8 cm³/mol. The van der Waals surface area contributed by atoms with Crippen LogP contribution < -0.4 is 0 Å². The van der Waals surface area contributed by atoms with Crippen molar-refractivity contribution in [3.05, 3.63) is 29.8 Å². The van der Waals surface area contributed by atoms with E-state index in [1.54, 1.807) is 0 Å². The number of Topliss-reactive ketones (excluding diaryl/α,β-unsaturated/α-hetero) is 1. The van der Waals surface area contributed by atoms with Gasteiger partial charge in [0.05, 0.1) is 11.0 Å². The molecule has 0 spiro atoms. The smallest absolute Gasteiger partial charge is 0.183 e. The molecule has 1 aromatic carbocycles. The molecule has 1 aliphatic carbocycles. The van der Waals surface area contributed by atoms with Crippen LogP contribution in [0.2, 0.25) is 0 Å². The maximum absolute atomic E-state index is 12.2. The number of rotatable bonds is 3. The number of hydrogen-bond acceptors (Lipinski definition) is 4. The van der Waals surface area contributed by atoms with Crippen LogP contribution in [0, 0.1) is 16.7 Å². The molecule has 0 aliphatic heterocycles. The number of hydrogen-bond donors (Lipinski definition) is 0. The highest BCUT2D eigenvalue weighted by molar-refractivity contribution is 7.90. The molecule has 2 rings (SSSR count). The highest BCUT2D eigenvalue weighted by Crippen LogP contribution is 2.42. The van der Waals surface area contributed by atoms with E-state index in [4.69, 9.17) is 5.26 Å². The Morgan fingerprint density at radius 3 is 2.17 bits per heavy atom. The molecule has 0 N–H and O–H groups in total. The molecule has 1 saturated carbocycles. The molecule has 0 unspecified atom stereocenters. The first-order valence-corrected chi connectivity index (χ1v) is 7.54. The SMILES string of the molecule is CS(=O)(=O)c1ccc(C(=O)C2(C#N)CCC2)cc1. The van der Waals surface area contributed by atoms with Crippen LogP contribution in [0.15, 0.2) is 29.2 Å². The molecule has 0 amide bonds. The lowest BCUT2D eigenvalue weighted by atomic mass is 9.66. The van der Waals surface area contributed by atoms with E-state index in [1.807, 2.05) is 0 Å². The molecule has 0 saturated heterocycles. The molecule has 1 aromatic rings. The topological polar surface area (TPSA) is 75.0 Å². The minimum Gasteiger partial charge on any atom is -0.292 e. The average molecular weight is 263 g/mol. The molecule has 0 bridgehead atoms. The zero-order chi connectivity index (χ0) is 13.4. The zero-order valence-corrected chi connectivity index (χ0v) is 10.8. The van der Waals surface area contributed by atoms with E-state index in [9.17, 15) is 13.2 Å². The first-order chi connectivity index (χ1) is 8.39. The van der Waals surface area contributed by atoms with Crippen LogP contribution in [0.25, 0.3) is 0 Å². The standard InChI is InChI=1S/C13H13NO3S/c1-18(16,17)11-5-3-10(4-6-11)12(15)13(9-14)7-2-8-13/h3-6H,2,7-8H2,1H3. The first-order valence-electron chi connectivity index (χ1n) is 5.65. The summed E-state index contributed by atoms with van der Waals surface area (Å²) in [6.45, 7) is 0. The summed E-state index contributed by atoms with van der Waals surface area (Å²) in [4.78, 5) is 12.3. The maximum atomic E-state index is 12.2. The monoisotopic (exact) mass is 263 g/mol. The van der Waals surface area contributed by atoms with Crippen LogP contribution >= 0.6 is 0 Å². The molecule has 94 valence electrons. The van der Waals surface area contributed by atoms with Crippen LogP contribution in [0.4, 0.5) is 0 Å². The highest BCUT2D eigenvalue weighted by atomic mass is 32.2. The average Bonchev–Trinajstić information content (AvgIpc) is 2.27. The molecule has 1 fully saturated rings. The lowest BCUT2D eigenvalue weighted by Gasteiger charge is -2.33. The minimum atomic E-state index is -3.25. The molecule has 5 heteroatoms. The van der Waals surface area contributed by atoms with Crippen molar-refractivity contribution in [3.8, 4) is 6.07 Å². The van der Waals surface area contributed by atoms with Gasteiger partial charge in [-0.05, 0) is 31.4 Å². The molecular weight excluding hydrogens is 250 g/mol. The molecule has 0 radical (unpaired) electrons. The van der Waals surface area contributed by atoms with Crippen molar-refractivity contribution in [2.24, 2.45) is 5.41 Å². The highest BCUT2D eigenvalue weighted by Gasteiger charge is 2.44. The van der Waals surface area contributed by atoms with E-state index in [0.29, 0.717) is 18.4 Å². The van der Waals surface area contributed by atoms with E-state index in [0.717, 1.165) is 12.7 Å². The third kappa shape index (κ3) is 2.04. The van der Waals surface area contributed by atoms with Crippen molar-refractivity contribution in [2.45, 2.75) is 24.2 Å². The summed E-state index contributed by atoms with van der Waals surface area (Å²) < 4.78 is 22.6. The van der Waals surface area contributed by atoms with E-state index >= 15 is 0 Å². The van der Waals surface area contributed by atoms with Gasteiger partial charge in [0, 0.05) is 11.8 Å². The predicted octanol–water partition coefficient (Wildman–Crippen LogP) is 1.97. The number of carbonyl (C=O) groups excluding carboxylic acids is 1. The fourth-order valence-electron chi connectivity index (χ4n) is 2.05. The van der Waals surface area contributed by atoms with Gasteiger partial charge in [-0.1, -0.05) is 12.1 Å². The lowest BCUT2D eigenvalue weighted by molar-refractivity contribution is 0.0748. The molecule has 0 aromatic heterocycles. The van der Waals surface area contributed by atoms with Gasteiger partial charge in [-0.15, -0.1) is 0 Å². The fraction of sp³-hybridized carbons (Fsp3) is 0.385. The van der Waals surface area contributed by atoms with Gasteiger partial charge in [-0.25, -0.2) is 8.42 Å². The summed E-state index contributed by atoms with van der Waals surface area (Å²) >= 11 is 0. The van der Waals surface area contributed by atoms with E-state index < -0.39 is 15.3 Å². The van der Waals surface area contributed by atoms with Crippen molar-refractivity contribution in [3.63, 3.8) is 0 Å². The second-order valence-electron chi connectivity index (χ2n) is 4.67. The van der Waals surface area contributed by atoms with Crippen molar-refractivity contribution < 1.29 is 13.2 Å². The third-order valence-corrected chi connectivity index (χ3v) is 4.53. The number of ketones is 1. The van der Waals surface area contributed by atoms with Crippen LogP contribution in [-0.2, 0) is 9.84 Å². The molecule has 18 heavy (non-hydrogen) atoms. The van der Waals surface area contributed by atoms with Crippen LogP contribution in [0.5, 0.6) is 0 Å². The van der Waals surface area contributed by atoms with Gasteiger partial charge in [0.15, 0.2) is 15.6 Å². The van der Waals surface area contributed by atoms with Gasteiger partial charge in [0.1, 0.15) is 5.41 Å². The summed E-state index contributed by atoms with van der Waals surface area (Å²) in [5, 5.41) is 9.09. The summed E-state index contributed by atoms with van der Waals surface area (Å²) in [5.74, 6) is -0.198. The van der Waals surface area contributed by atoms with Gasteiger partial charge in [0.2, 0.25) is 0 Å². The van der Waals surface area contributed by atoms with Crippen LogP contribution in [0.1, 0.15) is 29.6 Å². The molecule has 1 aliphatic rings. The first kappa shape index (κ1) is 12.8. The Morgan fingerprint density at radius 1 is 1.28 bits per heavy atom. The number of nitriles is 1. The fourth-order valence-corrected chi connectivity index (χ4v) is 2.68. The Morgan fingerprint density at radius 2 is 1.83 bits per heavy atom. The largest absolute Gasteiger partial charge is 0.292 e. The number of nitrogens with zero attached hydrogens (tertiary/aromatic N) is 1. The Labute approximate surface area is 106 Å². The van der Waals surface area contributed by atoms with E-state index in [1.165, 1.54) is 24.3 Å². The third-order valence-electron chi connectivity index (χ3n) is 3.40. The number of carbonyl (C=O) groups is 1. The summed E-state index contributed by atoms with van der Waals surface area (Å²) in [7, 11) is -3.25. The van der Waals surface area contributed by atoms with Gasteiger partial charge >= 0.3 is 0 Å². The Balaban J connectivity index is 2.31. The Bertz CT molecular complexity index is 619. The molecule has 0 atom stereocenters. The molecular formula is C13H13NO3S. The summed E-state index contributed by atoms with van der Waals surface area (Å²) in [6.07, 6.45) is 3.19. The lowest BCUT2D eigenvalue weighted by Crippen LogP contribution is -2.36. The van der Waals surface area contributed by atoms with Crippen LogP contribution in [0.3, 0.4) is 0 Å².